The van der Waals surface area contributed by atoms with Crippen molar-refractivity contribution in [1.29, 1.82) is 0 Å². The number of carbonyl (C=O) groups excluding carboxylic acids is 1. The van der Waals surface area contributed by atoms with Gasteiger partial charge in [0.15, 0.2) is 0 Å². The Balaban J connectivity index is 2.41. The molecule has 0 radical (unpaired) electrons. The zero-order valence-corrected chi connectivity index (χ0v) is 10.9. The first-order chi connectivity index (χ1) is 7.97. The number of nitrogens with two attached hydrogens (primary N) is 1. The second-order valence-electron chi connectivity index (χ2n) is 4.84. The highest BCUT2D eigenvalue weighted by molar-refractivity contribution is 5.78. The van der Waals surface area contributed by atoms with Crippen LogP contribution in [0.3, 0.4) is 0 Å². The molecule has 94 valence electrons. The van der Waals surface area contributed by atoms with Crippen LogP contribution in [-0.2, 0) is 11.2 Å². The average molecular weight is 234 g/mol. The highest BCUT2D eigenvalue weighted by Gasteiger charge is 2.09. The molecule has 0 aliphatic carbocycles. The van der Waals surface area contributed by atoms with Gasteiger partial charge in [-0.2, -0.15) is 0 Å². The minimum atomic E-state index is 0.0574. The second-order valence-corrected chi connectivity index (χ2v) is 4.84. The third kappa shape index (κ3) is 5.50. The molecule has 3 N–H and O–H groups in total. The summed E-state index contributed by atoms with van der Waals surface area (Å²) in [5.41, 5.74) is 7.94. The highest BCUT2D eigenvalue weighted by atomic mass is 16.1. The Morgan fingerprint density at radius 2 is 1.88 bits per heavy atom. The molecule has 1 rings (SSSR count). The lowest BCUT2D eigenvalue weighted by atomic mass is 10.1. The van der Waals surface area contributed by atoms with Crippen LogP contribution in [0.5, 0.6) is 0 Å². The van der Waals surface area contributed by atoms with E-state index in [2.05, 4.69) is 5.32 Å². The number of hydrogen-bond donors (Lipinski definition) is 2. The average Bonchev–Trinajstić information content (AvgIpc) is 2.19. The fraction of sp³-hybridized carbons (Fsp3) is 0.500. The van der Waals surface area contributed by atoms with Crippen LogP contribution < -0.4 is 11.1 Å². The molecule has 0 aromatic heterocycles. The van der Waals surface area contributed by atoms with E-state index in [1.54, 1.807) is 0 Å². The number of amides is 1. The molecule has 0 spiro atoms. The van der Waals surface area contributed by atoms with Crippen molar-refractivity contribution in [3.05, 3.63) is 35.4 Å². The van der Waals surface area contributed by atoms with Crippen LogP contribution in [0.15, 0.2) is 24.3 Å². The summed E-state index contributed by atoms with van der Waals surface area (Å²) in [6.45, 7) is 5.97. The van der Waals surface area contributed by atoms with E-state index in [9.17, 15) is 4.79 Å². The predicted octanol–water partition coefficient (Wildman–Crippen LogP) is 1.78. The largest absolute Gasteiger partial charge is 0.353 e. The highest BCUT2D eigenvalue weighted by Crippen LogP contribution is 2.04. The number of nitrogens with one attached hydrogen (secondary N) is 1. The van der Waals surface area contributed by atoms with E-state index in [0.717, 1.165) is 12.0 Å². The third-order valence-electron chi connectivity index (χ3n) is 2.62. The van der Waals surface area contributed by atoms with Crippen LogP contribution in [-0.4, -0.2) is 18.0 Å². The quantitative estimate of drug-likeness (QED) is 0.816. The Labute approximate surface area is 103 Å². The normalized spacial score (nSPS) is 14.1. The van der Waals surface area contributed by atoms with E-state index in [1.165, 1.54) is 5.56 Å². The van der Waals surface area contributed by atoms with E-state index in [-0.39, 0.29) is 18.0 Å². The van der Waals surface area contributed by atoms with Crippen LogP contribution in [0.4, 0.5) is 0 Å². The first-order valence-electron chi connectivity index (χ1n) is 6.08. The maximum absolute atomic E-state index is 11.7. The summed E-state index contributed by atoms with van der Waals surface area (Å²) in [4.78, 5) is 11.7. The Bertz CT molecular complexity index is 357. The Morgan fingerprint density at radius 1 is 1.29 bits per heavy atom. The molecule has 1 amide bonds. The minimum Gasteiger partial charge on any atom is -0.353 e. The molecular weight excluding hydrogens is 212 g/mol. The molecule has 2 unspecified atom stereocenters. The monoisotopic (exact) mass is 234 g/mol. The van der Waals surface area contributed by atoms with Gasteiger partial charge in [-0.1, -0.05) is 29.8 Å². The fourth-order valence-electron chi connectivity index (χ4n) is 1.83. The maximum Gasteiger partial charge on any atom is 0.224 e. The van der Waals surface area contributed by atoms with Crippen LogP contribution in [0.1, 0.15) is 31.4 Å². The Kier molecular flexibility index (Phi) is 5.16. The summed E-state index contributed by atoms with van der Waals surface area (Å²) >= 11 is 0. The van der Waals surface area contributed by atoms with Gasteiger partial charge >= 0.3 is 0 Å². The van der Waals surface area contributed by atoms with Gasteiger partial charge in [0.2, 0.25) is 5.91 Å². The molecular formula is C14H22N2O. The summed E-state index contributed by atoms with van der Waals surface area (Å²) in [5.74, 6) is 0.0574. The SMILES string of the molecule is Cc1ccc(CC(=O)NC(C)CC(C)N)cc1. The second kappa shape index (κ2) is 6.40. The van der Waals surface area contributed by atoms with Crippen molar-refractivity contribution in [1.82, 2.24) is 5.32 Å². The lowest BCUT2D eigenvalue weighted by Gasteiger charge is -2.15. The summed E-state index contributed by atoms with van der Waals surface area (Å²) in [6.07, 6.45) is 1.24. The number of benzene rings is 1. The molecule has 0 aliphatic rings. The van der Waals surface area contributed by atoms with Gasteiger partial charge < -0.3 is 11.1 Å². The zero-order chi connectivity index (χ0) is 12.8. The molecule has 0 heterocycles. The van der Waals surface area contributed by atoms with Crippen molar-refractivity contribution in [2.75, 3.05) is 0 Å². The van der Waals surface area contributed by atoms with Gasteiger partial charge in [0.1, 0.15) is 0 Å². The van der Waals surface area contributed by atoms with Crippen molar-refractivity contribution >= 4 is 5.91 Å². The lowest BCUT2D eigenvalue weighted by molar-refractivity contribution is -0.121. The summed E-state index contributed by atoms with van der Waals surface area (Å²) in [6, 6.07) is 8.27. The van der Waals surface area contributed by atoms with Crippen molar-refractivity contribution in [2.45, 2.75) is 45.7 Å². The summed E-state index contributed by atoms with van der Waals surface area (Å²) in [5, 5.41) is 2.96. The Morgan fingerprint density at radius 3 is 2.41 bits per heavy atom. The van der Waals surface area contributed by atoms with Gasteiger partial charge in [-0.3, -0.25) is 4.79 Å². The zero-order valence-electron chi connectivity index (χ0n) is 10.9. The van der Waals surface area contributed by atoms with Crippen molar-refractivity contribution < 1.29 is 4.79 Å². The van der Waals surface area contributed by atoms with Gasteiger partial charge in [-0.15, -0.1) is 0 Å². The van der Waals surface area contributed by atoms with E-state index in [0.29, 0.717) is 6.42 Å². The van der Waals surface area contributed by atoms with Gasteiger partial charge in [0.25, 0.3) is 0 Å². The van der Waals surface area contributed by atoms with Gasteiger partial charge in [0.05, 0.1) is 6.42 Å². The smallest absolute Gasteiger partial charge is 0.224 e. The van der Waals surface area contributed by atoms with E-state index in [1.807, 2.05) is 45.0 Å². The lowest BCUT2D eigenvalue weighted by Crippen LogP contribution is -2.37. The van der Waals surface area contributed by atoms with Crippen LogP contribution >= 0.6 is 0 Å². The standard InChI is InChI=1S/C14H22N2O/c1-10-4-6-13(7-5-10)9-14(17)16-12(3)8-11(2)15/h4-7,11-12H,8-9,15H2,1-3H3,(H,16,17). The molecule has 1 aromatic rings. The van der Waals surface area contributed by atoms with Gasteiger partial charge in [0, 0.05) is 12.1 Å². The fourth-order valence-corrected chi connectivity index (χ4v) is 1.83. The minimum absolute atomic E-state index is 0.0574. The van der Waals surface area contributed by atoms with Gasteiger partial charge in [-0.25, -0.2) is 0 Å². The van der Waals surface area contributed by atoms with Crippen molar-refractivity contribution in [2.24, 2.45) is 5.73 Å². The van der Waals surface area contributed by atoms with Crippen molar-refractivity contribution in [3.63, 3.8) is 0 Å². The van der Waals surface area contributed by atoms with Crippen LogP contribution in [0.25, 0.3) is 0 Å². The summed E-state index contributed by atoms with van der Waals surface area (Å²) < 4.78 is 0. The summed E-state index contributed by atoms with van der Waals surface area (Å²) in [7, 11) is 0. The van der Waals surface area contributed by atoms with Crippen LogP contribution in [0.2, 0.25) is 0 Å². The molecule has 0 saturated carbocycles. The number of rotatable bonds is 5. The topological polar surface area (TPSA) is 55.1 Å². The number of aryl methyl sites for hydroxylation is 1. The van der Waals surface area contributed by atoms with Crippen LogP contribution in [0, 0.1) is 6.92 Å². The van der Waals surface area contributed by atoms with Crippen molar-refractivity contribution in [3.8, 4) is 0 Å². The van der Waals surface area contributed by atoms with E-state index in [4.69, 9.17) is 5.73 Å². The molecule has 17 heavy (non-hydrogen) atoms. The van der Waals surface area contributed by atoms with E-state index >= 15 is 0 Å². The first kappa shape index (κ1) is 13.7. The molecule has 1 aromatic carbocycles. The maximum atomic E-state index is 11.7. The molecule has 3 heteroatoms. The molecule has 0 fully saturated rings. The molecule has 0 bridgehead atoms. The number of carbonyl (C=O) groups is 1. The Hall–Kier alpha value is -1.35. The molecule has 0 aliphatic heterocycles. The molecule has 0 saturated heterocycles. The predicted molar refractivity (Wildman–Crippen MR) is 70.8 cm³/mol. The molecule has 2 atom stereocenters. The third-order valence-corrected chi connectivity index (χ3v) is 2.62. The van der Waals surface area contributed by atoms with Gasteiger partial charge in [-0.05, 0) is 32.8 Å². The molecule has 3 nitrogen and oxygen atoms in total. The number of hydrogen-bond acceptors (Lipinski definition) is 2. The van der Waals surface area contributed by atoms with E-state index < -0.39 is 0 Å². The first-order valence-corrected chi connectivity index (χ1v) is 6.08.